The number of hydrogen-bond acceptors (Lipinski definition) is 2. The van der Waals surface area contributed by atoms with Crippen molar-refractivity contribution in [2.24, 2.45) is 0 Å². The molecule has 1 amide bonds. The topological polar surface area (TPSA) is 29.5 Å². The van der Waals surface area contributed by atoms with Gasteiger partial charge in [-0.1, -0.05) is 36.4 Å². The molecule has 0 radical (unpaired) electrons. The molecule has 0 atom stereocenters. The van der Waals surface area contributed by atoms with Crippen molar-refractivity contribution in [3.8, 4) is 0 Å². The normalized spacial score (nSPS) is 9.71. The average molecular weight is 233 g/mol. The summed E-state index contributed by atoms with van der Waals surface area (Å²) in [7, 11) is 0. The smallest absolute Gasteiger partial charge is 0.410 e. The molecule has 3 heteroatoms. The second kappa shape index (κ2) is 7.49. The third-order valence-electron chi connectivity index (χ3n) is 2.45. The third kappa shape index (κ3) is 4.72. The van der Waals surface area contributed by atoms with Gasteiger partial charge in [-0.25, -0.2) is 4.79 Å². The van der Waals surface area contributed by atoms with E-state index in [0.717, 1.165) is 12.0 Å². The van der Waals surface area contributed by atoms with Crippen molar-refractivity contribution in [3.05, 3.63) is 48.6 Å². The minimum atomic E-state index is -0.266. The zero-order valence-corrected chi connectivity index (χ0v) is 10.3. The zero-order valence-electron chi connectivity index (χ0n) is 10.3. The number of hydrogen-bond donors (Lipinski definition) is 0. The maximum absolute atomic E-state index is 11.7. The first-order valence-electron chi connectivity index (χ1n) is 5.84. The fourth-order valence-corrected chi connectivity index (χ4v) is 1.44. The highest BCUT2D eigenvalue weighted by Gasteiger charge is 2.11. The van der Waals surface area contributed by atoms with Crippen molar-refractivity contribution in [3.63, 3.8) is 0 Å². The first kappa shape index (κ1) is 13.3. The van der Waals surface area contributed by atoms with Gasteiger partial charge < -0.3 is 9.64 Å². The molecule has 0 heterocycles. The lowest BCUT2D eigenvalue weighted by molar-refractivity contribution is 0.0986. The van der Waals surface area contributed by atoms with Gasteiger partial charge in [0, 0.05) is 13.1 Å². The van der Waals surface area contributed by atoms with Crippen molar-refractivity contribution < 1.29 is 9.53 Å². The molecular formula is C14H19NO2. The molecule has 92 valence electrons. The standard InChI is InChI=1S/C14H19NO2/c1-3-5-11-15(4-2)14(16)17-12-13-9-7-6-8-10-13/h3,6-10H,1,4-5,11-12H2,2H3. The van der Waals surface area contributed by atoms with E-state index >= 15 is 0 Å². The second-order valence-electron chi connectivity index (χ2n) is 3.70. The summed E-state index contributed by atoms with van der Waals surface area (Å²) >= 11 is 0. The van der Waals surface area contributed by atoms with Crippen molar-refractivity contribution in [2.75, 3.05) is 13.1 Å². The van der Waals surface area contributed by atoms with Crippen LogP contribution in [0.1, 0.15) is 18.9 Å². The number of rotatable bonds is 6. The summed E-state index contributed by atoms with van der Waals surface area (Å²) < 4.78 is 5.23. The van der Waals surface area contributed by atoms with Gasteiger partial charge >= 0.3 is 6.09 Å². The third-order valence-corrected chi connectivity index (χ3v) is 2.45. The average Bonchev–Trinajstić information content (AvgIpc) is 2.38. The zero-order chi connectivity index (χ0) is 12.5. The quantitative estimate of drug-likeness (QED) is 0.706. The number of carbonyl (C=O) groups is 1. The summed E-state index contributed by atoms with van der Waals surface area (Å²) in [6.45, 7) is 7.22. The fraction of sp³-hybridized carbons (Fsp3) is 0.357. The van der Waals surface area contributed by atoms with E-state index in [4.69, 9.17) is 4.74 Å². The maximum Gasteiger partial charge on any atom is 0.410 e. The van der Waals surface area contributed by atoms with Crippen molar-refractivity contribution in [1.29, 1.82) is 0 Å². The van der Waals surface area contributed by atoms with Gasteiger partial charge in [0.25, 0.3) is 0 Å². The Kier molecular flexibility index (Phi) is 5.86. The monoisotopic (exact) mass is 233 g/mol. The molecule has 0 aromatic heterocycles. The minimum absolute atomic E-state index is 0.266. The molecule has 0 saturated carbocycles. The van der Waals surface area contributed by atoms with Crippen LogP contribution in [0.4, 0.5) is 4.79 Å². The number of ether oxygens (including phenoxy) is 1. The van der Waals surface area contributed by atoms with Gasteiger partial charge in [0.05, 0.1) is 0 Å². The van der Waals surface area contributed by atoms with Crippen LogP contribution in [0.2, 0.25) is 0 Å². The van der Waals surface area contributed by atoms with Crippen LogP contribution in [0, 0.1) is 0 Å². The Balaban J connectivity index is 2.39. The van der Waals surface area contributed by atoms with E-state index < -0.39 is 0 Å². The Labute approximate surface area is 103 Å². The van der Waals surface area contributed by atoms with Crippen LogP contribution in [0.3, 0.4) is 0 Å². The molecule has 0 aliphatic carbocycles. The van der Waals surface area contributed by atoms with E-state index in [1.165, 1.54) is 0 Å². The molecule has 3 nitrogen and oxygen atoms in total. The summed E-state index contributed by atoms with van der Waals surface area (Å²) in [5, 5.41) is 0. The molecular weight excluding hydrogens is 214 g/mol. The Morgan fingerprint density at radius 1 is 1.41 bits per heavy atom. The predicted molar refractivity (Wildman–Crippen MR) is 68.7 cm³/mol. The molecule has 0 fully saturated rings. The molecule has 0 aliphatic heterocycles. The summed E-state index contributed by atoms with van der Waals surface area (Å²) in [6, 6.07) is 9.67. The molecule has 0 saturated heterocycles. The van der Waals surface area contributed by atoms with Crippen LogP contribution in [0.15, 0.2) is 43.0 Å². The highest BCUT2D eigenvalue weighted by molar-refractivity contribution is 5.67. The maximum atomic E-state index is 11.7. The lowest BCUT2D eigenvalue weighted by Crippen LogP contribution is -2.32. The second-order valence-corrected chi connectivity index (χ2v) is 3.70. The molecule has 1 rings (SSSR count). The Morgan fingerprint density at radius 3 is 2.71 bits per heavy atom. The van der Waals surface area contributed by atoms with Gasteiger partial charge in [-0.05, 0) is 18.9 Å². The van der Waals surface area contributed by atoms with Crippen LogP contribution in [0.5, 0.6) is 0 Å². The van der Waals surface area contributed by atoms with E-state index in [0.29, 0.717) is 19.7 Å². The first-order chi connectivity index (χ1) is 8.27. The molecule has 1 aromatic carbocycles. The molecule has 0 bridgehead atoms. The SMILES string of the molecule is C=CCCN(CC)C(=O)OCc1ccccc1. The van der Waals surface area contributed by atoms with E-state index in [1.807, 2.05) is 37.3 Å². The van der Waals surface area contributed by atoms with E-state index in [1.54, 1.807) is 11.0 Å². The summed E-state index contributed by atoms with van der Waals surface area (Å²) in [5.74, 6) is 0. The van der Waals surface area contributed by atoms with E-state index in [2.05, 4.69) is 6.58 Å². The summed E-state index contributed by atoms with van der Waals surface area (Å²) in [5.41, 5.74) is 1.00. The molecule has 17 heavy (non-hydrogen) atoms. The van der Waals surface area contributed by atoms with Gasteiger partial charge in [-0.15, -0.1) is 6.58 Å². The lowest BCUT2D eigenvalue weighted by Gasteiger charge is -2.19. The van der Waals surface area contributed by atoms with Gasteiger partial charge in [0.15, 0.2) is 0 Å². The number of carbonyl (C=O) groups excluding carboxylic acids is 1. The van der Waals surface area contributed by atoms with Crippen LogP contribution in [-0.4, -0.2) is 24.1 Å². The number of amides is 1. The minimum Gasteiger partial charge on any atom is -0.445 e. The molecule has 0 aliphatic rings. The molecule has 0 N–H and O–H groups in total. The van der Waals surface area contributed by atoms with Crippen LogP contribution in [0.25, 0.3) is 0 Å². The van der Waals surface area contributed by atoms with Gasteiger partial charge in [-0.3, -0.25) is 0 Å². The van der Waals surface area contributed by atoms with Gasteiger partial charge in [-0.2, -0.15) is 0 Å². The van der Waals surface area contributed by atoms with Crippen LogP contribution >= 0.6 is 0 Å². The molecule has 0 spiro atoms. The highest BCUT2D eigenvalue weighted by Crippen LogP contribution is 2.03. The van der Waals surface area contributed by atoms with Crippen molar-refractivity contribution >= 4 is 6.09 Å². The summed E-state index contributed by atoms with van der Waals surface area (Å²) in [6.07, 6.45) is 2.32. The van der Waals surface area contributed by atoms with Crippen molar-refractivity contribution in [1.82, 2.24) is 4.90 Å². The van der Waals surface area contributed by atoms with Crippen LogP contribution < -0.4 is 0 Å². The lowest BCUT2D eigenvalue weighted by atomic mass is 10.2. The predicted octanol–water partition coefficient (Wildman–Crippen LogP) is 3.22. The van der Waals surface area contributed by atoms with Crippen molar-refractivity contribution in [2.45, 2.75) is 20.0 Å². The Bertz CT molecular complexity index is 348. The first-order valence-corrected chi connectivity index (χ1v) is 5.84. The number of benzene rings is 1. The van der Waals surface area contributed by atoms with Gasteiger partial charge in [0.2, 0.25) is 0 Å². The fourth-order valence-electron chi connectivity index (χ4n) is 1.44. The largest absolute Gasteiger partial charge is 0.445 e. The Hall–Kier alpha value is -1.77. The van der Waals surface area contributed by atoms with E-state index in [-0.39, 0.29) is 6.09 Å². The van der Waals surface area contributed by atoms with E-state index in [9.17, 15) is 4.79 Å². The van der Waals surface area contributed by atoms with Crippen LogP contribution in [-0.2, 0) is 11.3 Å². The molecule has 1 aromatic rings. The summed E-state index contributed by atoms with van der Waals surface area (Å²) in [4.78, 5) is 13.4. The van der Waals surface area contributed by atoms with Gasteiger partial charge in [0.1, 0.15) is 6.61 Å². The molecule has 0 unspecified atom stereocenters. The number of nitrogens with zero attached hydrogens (tertiary/aromatic N) is 1. The Morgan fingerprint density at radius 2 is 2.12 bits per heavy atom. The highest BCUT2D eigenvalue weighted by atomic mass is 16.6.